The Morgan fingerprint density at radius 3 is 2.57 bits per heavy atom. The van der Waals surface area contributed by atoms with Crippen molar-refractivity contribution in [1.82, 2.24) is 10.6 Å². The SMILES string of the molecule is CC(CCNC(C)c1ccc(F)c(Br)c1)NC(=O)OC(C)(C)C. The van der Waals surface area contributed by atoms with Crippen LogP contribution in [0.25, 0.3) is 0 Å². The van der Waals surface area contributed by atoms with Gasteiger partial charge in [0.25, 0.3) is 0 Å². The second-order valence-corrected chi connectivity index (χ2v) is 7.54. The van der Waals surface area contributed by atoms with Gasteiger partial charge in [0.05, 0.1) is 4.47 Å². The van der Waals surface area contributed by atoms with Crippen LogP contribution >= 0.6 is 15.9 Å². The molecule has 4 nitrogen and oxygen atoms in total. The maximum atomic E-state index is 13.2. The molecule has 2 unspecified atom stereocenters. The third-order valence-electron chi connectivity index (χ3n) is 3.23. The van der Waals surface area contributed by atoms with E-state index in [-0.39, 0.29) is 17.9 Å². The van der Waals surface area contributed by atoms with E-state index in [0.717, 1.165) is 18.5 Å². The van der Waals surface area contributed by atoms with Gasteiger partial charge in [0.2, 0.25) is 0 Å². The summed E-state index contributed by atoms with van der Waals surface area (Å²) in [7, 11) is 0. The molecule has 6 heteroatoms. The molecule has 0 bridgehead atoms. The van der Waals surface area contributed by atoms with Crippen LogP contribution in [0.3, 0.4) is 0 Å². The molecule has 0 aliphatic rings. The first-order valence-corrected chi connectivity index (χ1v) is 8.55. The molecule has 1 aromatic carbocycles. The van der Waals surface area contributed by atoms with Gasteiger partial charge < -0.3 is 15.4 Å². The maximum Gasteiger partial charge on any atom is 0.407 e. The fourth-order valence-corrected chi connectivity index (χ4v) is 2.39. The molecule has 0 aliphatic carbocycles. The monoisotopic (exact) mass is 388 g/mol. The number of rotatable bonds is 6. The van der Waals surface area contributed by atoms with E-state index in [1.165, 1.54) is 6.07 Å². The van der Waals surface area contributed by atoms with Crippen molar-refractivity contribution < 1.29 is 13.9 Å². The lowest BCUT2D eigenvalue weighted by Crippen LogP contribution is -2.39. The summed E-state index contributed by atoms with van der Waals surface area (Å²) in [4.78, 5) is 11.7. The predicted octanol–water partition coefficient (Wildman–Crippen LogP) is 4.54. The number of alkyl carbamates (subject to hydrolysis) is 1. The lowest BCUT2D eigenvalue weighted by Gasteiger charge is -2.22. The Morgan fingerprint density at radius 1 is 1.35 bits per heavy atom. The molecule has 1 rings (SSSR count). The highest BCUT2D eigenvalue weighted by atomic mass is 79.9. The summed E-state index contributed by atoms with van der Waals surface area (Å²) in [6.07, 6.45) is 0.367. The van der Waals surface area contributed by atoms with Crippen molar-refractivity contribution in [3.63, 3.8) is 0 Å². The topological polar surface area (TPSA) is 50.4 Å². The van der Waals surface area contributed by atoms with Crippen molar-refractivity contribution in [3.8, 4) is 0 Å². The average molecular weight is 389 g/mol. The van der Waals surface area contributed by atoms with Gasteiger partial charge in [-0.3, -0.25) is 0 Å². The normalized spacial score (nSPS) is 14.2. The van der Waals surface area contributed by atoms with Crippen molar-refractivity contribution in [2.75, 3.05) is 6.54 Å². The number of carbonyl (C=O) groups excluding carboxylic acids is 1. The standard InChI is InChI=1S/C17H26BrFN2O2/c1-11(21-16(22)23-17(3,4)5)8-9-20-12(2)13-6-7-15(19)14(18)10-13/h6-7,10-12,20H,8-9H2,1-5H3,(H,21,22). The van der Waals surface area contributed by atoms with Crippen LogP contribution in [-0.4, -0.2) is 24.3 Å². The average Bonchev–Trinajstić information content (AvgIpc) is 2.39. The van der Waals surface area contributed by atoms with Gasteiger partial charge in [-0.1, -0.05) is 6.07 Å². The molecule has 0 radical (unpaired) electrons. The van der Waals surface area contributed by atoms with Gasteiger partial charge in [-0.2, -0.15) is 0 Å². The zero-order valence-corrected chi connectivity index (χ0v) is 16.0. The van der Waals surface area contributed by atoms with Gasteiger partial charge in [-0.25, -0.2) is 9.18 Å². The van der Waals surface area contributed by atoms with Crippen LogP contribution in [-0.2, 0) is 4.74 Å². The number of carbonyl (C=O) groups is 1. The van der Waals surface area contributed by atoms with Crippen LogP contribution in [0.4, 0.5) is 9.18 Å². The van der Waals surface area contributed by atoms with E-state index in [2.05, 4.69) is 26.6 Å². The summed E-state index contributed by atoms with van der Waals surface area (Å²) < 4.78 is 18.9. The highest BCUT2D eigenvalue weighted by Crippen LogP contribution is 2.21. The van der Waals surface area contributed by atoms with E-state index in [0.29, 0.717) is 4.47 Å². The van der Waals surface area contributed by atoms with Crippen LogP contribution in [0, 0.1) is 5.82 Å². The number of hydrogen-bond donors (Lipinski definition) is 2. The first-order valence-electron chi connectivity index (χ1n) is 7.76. The van der Waals surface area contributed by atoms with Crippen molar-refractivity contribution in [2.24, 2.45) is 0 Å². The van der Waals surface area contributed by atoms with Gasteiger partial charge in [-0.15, -0.1) is 0 Å². The van der Waals surface area contributed by atoms with Crippen LogP contribution in [0.2, 0.25) is 0 Å². The smallest absolute Gasteiger partial charge is 0.407 e. The zero-order chi connectivity index (χ0) is 17.6. The highest BCUT2D eigenvalue weighted by Gasteiger charge is 2.17. The molecule has 0 spiro atoms. The molecule has 130 valence electrons. The van der Waals surface area contributed by atoms with E-state index in [4.69, 9.17) is 4.74 Å². The number of benzene rings is 1. The maximum absolute atomic E-state index is 13.2. The van der Waals surface area contributed by atoms with E-state index in [1.807, 2.05) is 34.6 Å². The molecule has 23 heavy (non-hydrogen) atoms. The quantitative estimate of drug-likeness (QED) is 0.751. The molecule has 0 saturated carbocycles. The fourth-order valence-electron chi connectivity index (χ4n) is 2.00. The lowest BCUT2D eigenvalue weighted by molar-refractivity contribution is 0.0506. The Hall–Kier alpha value is -1.14. The minimum Gasteiger partial charge on any atom is -0.444 e. The second-order valence-electron chi connectivity index (χ2n) is 6.69. The first-order chi connectivity index (χ1) is 10.6. The number of nitrogens with one attached hydrogen (secondary N) is 2. The van der Waals surface area contributed by atoms with Gasteiger partial charge in [0.1, 0.15) is 11.4 Å². The predicted molar refractivity (Wildman–Crippen MR) is 94.0 cm³/mol. The molecule has 0 aliphatic heterocycles. The molecular weight excluding hydrogens is 363 g/mol. The molecular formula is C17H26BrFN2O2. The Balaban J connectivity index is 2.35. The van der Waals surface area contributed by atoms with Gasteiger partial charge >= 0.3 is 6.09 Å². The summed E-state index contributed by atoms with van der Waals surface area (Å²) in [6.45, 7) is 10.2. The summed E-state index contributed by atoms with van der Waals surface area (Å²) in [5.74, 6) is -0.267. The largest absolute Gasteiger partial charge is 0.444 e. The van der Waals surface area contributed by atoms with E-state index >= 15 is 0 Å². The Kier molecular flexibility index (Phi) is 7.48. The number of halogens is 2. The van der Waals surface area contributed by atoms with E-state index in [9.17, 15) is 9.18 Å². The van der Waals surface area contributed by atoms with Crippen molar-refractivity contribution in [1.29, 1.82) is 0 Å². The van der Waals surface area contributed by atoms with Crippen LogP contribution in [0.1, 0.15) is 52.6 Å². The minimum atomic E-state index is -0.494. The molecule has 2 N–H and O–H groups in total. The van der Waals surface area contributed by atoms with Gasteiger partial charge in [0, 0.05) is 12.1 Å². The van der Waals surface area contributed by atoms with Crippen molar-refractivity contribution in [2.45, 2.75) is 58.7 Å². The minimum absolute atomic E-state index is 0.00417. The fraction of sp³-hybridized carbons (Fsp3) is 0.588. The first kappa shape index (κ1) is 19.9. The van der Waals surface area contributed by atoms with Crippen LogP contribution in [0.5, 0.6) is 0 Å². The molecule has 0 heterocycles. The Labute approximate surface area is 146 Å². The lowest BCUT2D eigenvalue weighted by atomic mass is 10.1. The third kappa shape index (κ3) is 7.79. The molecule has 0 saturated heterocycles. The zero-order valence-electron chi connectivity index (χ0n) is 14.4. The van der Waals surface area contributed by atoms with E-state index in [1.54, 1.807) is 12.1 Å². The van der Waals surface area contributed by atoms with Crippen LogP contribution in [0.15, 0.2) is 22.7 Å². The Morgan fingerprint density at radius 2 is 2.00 bits per heavy atom. The molecule has 0 fully saturated rings. The number of hydrogen-bond acceptors (Lipinski definition) is 3. The molecule has 0 aromatic heterocycles. The highest BCUT2D eigenvalue weighted by molar-refractivity contribution is 9.10. The third-order valence-corrected chi connectivity index (χ3v) is 3.84. The summed E-state index contributed by atoms with van der Waals surface area (Å²) in [5.41, 5.74) is 0.512. The van der Waals surface area contributed by atoms with Crippen molar-refractivity contribution >= 4 is 22.0 Å². The van der Waals surface area contributed by atoms with Gasteiger partial charge in [-0.05, 0) is 81.2 Å². The van der Waals surface area contributed by atoms with Gasteiger partial charge in [0.15, 0.2) is 0 Å². The van der Waals surface area contributed by atoms with Crippen molar-refractivity contribution in [3.05, 3.63) is 34.1 Å². The number of amides is 1. The van der Waals surface area contributed by atoms with Crippen LogP contribution < -0.4 is 10.6 Å². The second kappa shape index (κ2) is 8.64. The number of ether oxygens (including phenoxy) is 1. The van der Waals surface area contributed by atoms with E-state index < -0.39 is 11.7 Å². The summed E-state index contributed by atoms with van der Waals surface area (Å²) in [6, 6.07) is 5.09. The summed E-state index contributed by atoms with van der Waals surface area (Å²) >= 11 is 3.19. The molecule has 2 atom stereocenters. The Bertz CT molecular complexity index is 532. The summed E-state index contributed by atoms with van der Waals surface area (Å²) in [5, 5.41) is 6.17. The molecule has 1 aromatic rings. The molecule has 1 amide bonds.